The molecule has 0 amide bonds. The van der Waals surface area contributed by atoms with E-state index >= 15 is 0 Å². The van der Waals surface area contributed by atoms with Crippen LogP contribution >= 0.6 is 0 Å². The first-order valence-corrected chi connectivity index (χ1v) is 9.97. The molecule has 29 heavy (non-hydrogen) atoms. The summed E-state index contributed by atoms with van der Waals surface area (Å²) in [6, 6.07) is 13.9. The lowest BCUT2D eigenvalue weighted by Crippen LogP contribution is -2.52. The molecule has 1 aliphatic heterocycles. The molecule has 0 spiro atoms. The maximum absolute atomic E-state index is 5.48. The molecule has 1 N–H and O–H groups in total. The number of aromatic nitrogens is 2. The number of hydrogen-bond acceptors (Lipinski definition) is 6. The van der Waals surface area contributed by atoms with E-state index in [1.165, 1.54) is 0 Å². The molecule has 8 nitrogen and oxygen atoms in total. The van der Waals surface area contributed by atoms with E-state index in [9.17, 15) is 0 Å². The maximum Gasteiger partial charge on any atom is 0.194 e. The Morgan fingerprint density at radius 2 is 1.90 bits per heavy atom. The predicted molar refractivity (Wildman–Crippen MR) is 110 cm³/mol. The third kappa shape index (κ3) is 5.03. The second kappa shape index (κ2) is 9.38. The van der Waals surface area contributed by atoms with Gasteiger partial charge in [-0.1, -0.05) is 40.6 Å². The molecule has 8 heteroatoms. The molecule has 1 saturated heterocycles. The summed E-state index contributed by atoms with van der Waals surface area (Å²) in [7, 11) is 0. The molecule has 2 aromatic heterocycles. The Morgan fingerprint density at radius 3 is 2.62 bits per heavy atom. The fourth-order valence-electron chi connectivity index (χ4n) is 3.37. The van der Waals surface area contributed by atoms with Crippen molar-refractivity contribution in [2.45, 2.75) is 20.0 Å². The molecule has 3 aromatic rings. The van der Waals surface area contributed by atoms with Gasteiger partial charge in [0.05, 0.1) is 12.2 Å². The number of guanidine groups is 1. The predicted octanol–water partition coefficient (Wildman–Crippen LogP) is 2.61. The highest BCUT2D eigenvalue weighted by atomic mass is 16.5. The summed E-state index contributed by atoms with van der Waals surface area (Å²) in [5, 5.41) is 11.6. The van der Waals surface area contributed by atoms with Crippen molar-refractivity contribution in [1.82, 2.24) is 25.4 Å². The van der Waals surface area contributed by atoms with Gasteiger partial charge in [-0.2, -0.15) is 0 Å². The topological polar surface area (TPSA) is 82.9 Å². The molecule has 0 unspecified atom stereocenters. The number of aliphatic imine (C=N–C) groups is 1. The third-order valence-corrected chi connectivity index (χ3v) is 4.89. The normalized spacial score (nSPS) is 15.6. The van der Waals surface area contributed by atoms with Crippen LogP contribution in [0.5, 0.6) is 0 Å². The van der Waals surface area contributed by atoms with Crippen molar-refractivity contribution in [2.24, 2.45) is 4.99 Å². The van der Waals surface area contributed by atoms with Crippen molar-refractivity contribution in [2.75, 3.05) is 32.7 Å². The minimum Gasteiger partial charge on any atom is -0.364 e. The van der Waals surface area contributed by atoms with Crippen LogP contribution in [0.3, 0.4) is 0 Å². The highest BCUT2D eigenvalue weighted by molar-refractivity contribution is 5.80. The zero-order valence-electron chi connectivity index (χ0n) is 16.6. The van der Waals surface area contributed by atoms with Crippen LogP contribution in [0.25, 0.3) is 11.3 Å². The van der Waals surface area contributed by atoms with Gasteiger partial charge in [-0.25, -0.2) is 4.99 Å². The molecule has 0 saturated carbocycles. The summed E-state index contributed by atoms with van der Waals surface area (Å²) in [4.78, 5) is 9.45. The van der Waals surface area contributed by atoms with Crippen LogP contribution in [-0.4, -0.2) is 58.8 Å². The number of nitrogens with zero attached hydrogens (tertiary/aromatic N) is 5. The first-order valence-electron chi connectivity index (χ1n) is 9.97. The fraction of sp³-hybridized carbons (Fsp3) is 0.381. The minimum absolute atomic E-state index is 0.484. The second-order valence-corrected chi connectivity index (χ2v) is 6.97. The largest absolute Gasteiger partial charge is 0.364 e. The quantitative estimate of drug-likeness (QED) is 0.508. The lowest BCUT2D eigenvalue weighted by molar-refractivity contribution is 0.169. The van der Waals surface area contributed by atoms with Gasteiger partial charge in [0.15, 0.2) is 11.7 Å². The molecule has 1 aromatic carbocycles. The van der Waals surface area contributed by atoms with E-state index in [0.29, 0.717) is 6.54 Å². The van der Waals surface area contributed by atoms with E-state index in [0.717, 1.165) is 67.9 Å². The van der Waals surface area contributed by atoms with Gasteiger partial charge in [-0.05, 0) is 6.92 Å². The summed E-state index contributed by atoms with van der Waals surface area (Å²) >= 11 is 0. The highest BCUT2D eigenvalue weighted by Gasteiger charge is 2.20. The summed E-state index contributed by atoms with van der Waals surface area (Å²) < 4.78 is 10.4. The fourth-order valence-corrected chi connectivity index (χ4v) is 3.37. The second-order valence-electron chi connectivity index (χ2n) is 6.97. The van der Waals surface area contributed by atoms with E-state index < -0.39 is 0 Å². The summed E-state index contributed by atoms with van der Waals surface area (Å²) in [6.45, 7) is 7.96. The van der Waals surface area contributed by atoms with Gasteiger partial charge in [0.25, 0.3) is 0 Å². The molecule has 0 radical (unpaired) electrons. The van der Waals surface area contributed by atoms with Crippen LogP contribution in [0, 0.1) is 0 Å². The monoisotopic (exact) mass is 394 g/mol. The highest BCUT2D eigenvalue weighted by Crippen LogP contribution is 2.20. The third-order valence-electron chi connectivity index (χ3n) is 4.89. The molecule has 152 valence electrons. The van der Waals surface area contributed by atoms with E-state index in [1.54, 1.807) is 6.26 Å². The molecule has 0 aliphatic carbocycles. The van der Waals surface area contributed by atoms with Gasteiger partial charge in [0, 0.05) is 57.0 Å². The minimum atomic E-state index is 0.484. The Kier molecular flexibility index (Phi) is 6.21. The number of piperazine rings is 1. The van der Waals surface area contributed by atoms with Crippen molar-refractivity contribution in [3.63, 3.8) is 0 Å². The van der Waals surface area contributed by atoms with Crippen LogP contribution in [0.4, 0.5) is 0 Å². The van der Waals surface area contributed by atoms with Crippen molar-refractivity contribution >= 4 is 5.96 Å². The number of benzene rings is 1. The van der Waals surface area contributed by atoms with E-state index in [4.69, 9.17) is 14.0 Å². The van der Waals surface area contributed by atoms with Gasteiger partial charge in [-0.15, -0.1) is 0 Å². The summed E-state index contributed by atoms with van der Waals surface area (Å²) in [6.07, 6.45) is 1.62. The van der Waals surface area contributed by atoms with Crippen LogP contribution in [0.2, 0.25) is 0 Å². The first-order chi connectivity index (χ1) is 14.3. The van der Waals surface area contributed by atoms with Crippen molar-refractivity contribution < 1.29 is 9.05 Å². The average Bonchev–Trinajstić information content (AvgIpc) is 3.45. The number of hydrogen-bond donors (Lipinski definition) is 1. The zero-order valence-corrected chi connectivity index (χ0v) is 16.6. The number of rotatable bonds is 6. The van der Waals surface area contributed by atoms with Gasteiger partial charge >= 0.3 is 0 Å². The lowest BCUT2D eigenvalue weighted by atomic mass is 10.2. The number of nitrogens with one attached hydrogen (secondary N) is 1. The Hall–Kier alpha value is -3.13. The summed E-state index contributed by atoms with van der Waals surface area (Å²) in [5.74, 6) is 1.68. The standard InChI is InChI=1S/C21H26N6O2/c1-2-22-21(27-11-9-26(10-12-27)16-18-8-13-28-24-18)23-15-19-14-20(29-25-19)17-6-4-3-5-7-17/h3-8,13-14H,2,9-12,15-16H2,1H3,(H,22,23). The van der Waals surface area contributed by atoms with E-state index in [1.807, 2.05) is 42.5 Å². The first kappa shape index (κ1) is 19.2. The van der Waals surface area contributed by atoms with Crippen LogP contribution in [0.1, 0.15) is 18.3 Å². The van der Waals surface area contributed by atoms with Crippen LogP contribution in [0.15, 0.2) is 62.8 Å². The maximum atomic E-state index is 5.48. The van der Waals surface area contributed by atoms with Gasteiger partial charge in [0.1, 0.15) is 12.0 Å². The molecule has 0 atom stereocenters. The molecule has 4 rings (SSSR count). The van der Waals surface area contributed by atoms with Crippen LogP contribution < -0.4 is 5.32 Å². The average molecular weight is 394 g/mol. The molecule has 0 bridgehead atoms. The van der Waals surface area contributed by atoms with Gasteiger partial charge in [-0.3, -0.25) is 4.90 Å². The molecule has 3 heterocycles. The molecule has 1 fully saturated rings. The smallest absolute Gasteiger partial charge is 0.194 e. The SMILES string of the molecule is CCNC(=NCc1cc(-c2ccccc2)on1)N1CCN(Cc2ccon2)CC1. The lowest BCUT2D eigenvalue weighted by Gasteiger charge is -2.36. The van der Waals surface area contributed by atoms with Crippen molar-refractivity contribution in [3.8, 4) is 11.3 Å². The molecule has 1 aliphatic rings. The Balaban J connectivity index is 1.35. The van der Waals surface area contributed by atoms with Crippen molar-refractivity contribution in [3.05, 3.63) is 60.1 Å². The Labute approximate surface area is 170 Å². The summed E-state index contributed by atoms with van der Waals surface area (Å²) in [5.41, 5.74) is 2.81. The van der Waals surface area contributed by atoms with E-state index in [2.05, 4.69) is 32.4 Å². The van der Waals surface area contributed by atoms with E-state index in [-0.39, 0.29) is 0 Å². The molecular weight excluding hydrogens is 368 g/mol. The molecular formula is C21H26N6O2. The Bertz CT molecular complexity index is 898. The van der Waals surface area contributed by atoms with Gasteiger partial charge in [0.2, 0.25) is 0 Å². The zero-order chi connectivity index (χ0) is 19.9. The Morgan fingerprint density at radius 1 is 1.07 bits per heavy atom. The van der Waals surface area contributed by atoms with Crippen LogP contribution in [-0.2, 0) is 13.1 Å². The van der Waals surface area contributed by atoms with Crippen molar-refractivity contribution in [1.29, 1.82) is 0 Å². The van der Waals surface area contributed by atoms with Gasteiger partial charge < -0.3 is 19.3 Å².